The maximum Gasteiger partial charge on any atom is 0.382 e. The van der Waals surface area contributed by atoms with Gasteiger partial charge < -0.3 is 4.74 Å². The summed E-state index contributed by atoms with van der Waals surface area (Å²) in [5.74, 6) is -2.09. The Bertz CT molecular complexity index is 771. The zero-order valence-electron chi connectivity index (χ0n) is 14.8. The van der Waals surface area contributed by atoms with Gasteiger partial charge in [-0.1, -0.05) is 60.2 Å². The van der Waals surface area contributed by atoms with E-state index in [4.69, 9.17) is 4.74 Å². The number of Topliss-reactive ketones (excluding diaryl/α,β-unsaturated/α-hetero) is 1. The fraction of sp³-hybridized carbons (Fsp3) is 0.300. The van der Waals surface area contributed by atoms with Crippen LogP contribution >= 0.6 is 0 Å². The number of ketones is 1. The number of rotatable bonds is 8. The molecule has 2 unspecified atom stereocenters. The topological polar surface area (TPSA) is 86.5 Å². The van der Waals surface area contributed by atoms with Crippen LogP contribution < -0.4 is 0 Å². The van der Waals surface area contributed by atoms with Crippen LogP contribution in [0.2, 0.25) is 0 Å². The molecule has 0 N–H and O–H groups in total. The normalized spacial score (nSPS) is 12.8. The van der Waals surface area contributed by atoms with Crippen LogP contribution in [-0.2, 0) is 9.53 Å². The van der Waals surface area contributed by atoms with Crippen molar-refractivity contribution < 1.29 is 19.2 Å². The summed E-state index contributed by atoms with van der Waals surface area (Å²) in [6.07, 6.45) is -0.155. The summed E-state index contributed by atoms with van der Waals surface area (Å²) in [5, 5.41) is 11.6. The number of nitrogens with zero attached hydrogens (tertiary/aromatic N) is 1. The summed E-state index contributed by atoms with van der Waals surface area (Å²) < 4.78 is 4.89. The summed E-state index contributed by atoms with van der Waals surface area (Å²) in [5.41, 5.74) is 2.00. The van der Waals surface area contributed by atoms with Crippen LogP contribution in [0.4, 0.5) is 0 Å². The van der Waals surface area contributed by atoms with Crippen molar-refractivity contribution in [2.45, 2.75) is 32.2 Å². The van der Waals surface area contributed by atoms with Gasteiger partial charge in [0.15, 0.2) is 5.78 Å². The Hall–Kier alpha value is -3.02. The minimum atomic E-state index is -1.63. The Morgan fingerprint density at radius 3 is 2.23 bits per heavy atom. The first-order valence-corrected chi connectivity index (χ1v) is 8.39. The molecule has 26 heavy (non-hydrogen) atoms. The van der Waals surface area contributed by atoms with Crippen LogP contribution in [-0.4, -0.2) is 29.3 Å². The molecule has 2 rings (SSSR count). The SMILES string of the molecule is CCOC(=O)C(C(CC(=O)c1ccccc1)c1ccc(C)cc1)[N+](=O)[O-]. The molecule has 0 aliphatic carbocycles. The molecule has 0 aliphatic rings. The average molecular weight is 355 g/mol. The van der Waals surface area contributed by atoms with E-state index in [1.807, 2.05) is 6.92 Å². The van der Waals surface area contributed by atoms with E-state index in [2.05, 4.69) is 0 Å². The number of aryl methyl sites for hydroxylation is 1. The lowest BCUT2D eigenvalue weighted by atomic mass is 9.85. The standard InChI is InChI=1S/C20H21NO5/c1-3-26-20(23)19(21(24)25)17(15-11-9-14(2)10-12-15)13-18(22)16-7-5-4-6-8-16/h4-12,17,19H,3,13H2,1-2H3. The molecule has 0 radical (unpaired) electrons. The third-order valence-corrected chi connectivity index (χ3v) is 4.14. The van der Waals surface area contributed by atoms with E-state index in [-0.39, 0.29) is 18.8 Å². The van der Waals surface area contributed by atoms with E-state index < -0.39 is 22.9 Å². The Morgan fingerprint density at radius 1 is 1.08 bits per heavy atom. The van der Waals surface area contributed by atoms with Crippen LogP contribution in [0.3, 0.4) is 0 Å². The van der Waals surface area contributed by atoms with E-state index in [0.29, 0.717) is 11.1 Å². The number of carbonyl (C=O) groups excluding carboxylic acids is 2. The maximum atomic E-state index is 12.6. The van der Waals surface area contributed by atoms with Crippen molar-refractivity contribution in [2.75, 3.05) is 6.61 Å². The molecular weight excluding hydrogens is 334 g/mol. The molecule has 136 valence electrons. The largest absolute Gasteiger partial charge is 0.461 e. The van der Waals surface area contributed by atoms with Gasteiger partial charge in [0.25, 0.3) is 0 Å². The molecule has 0 heterocycles. The van der Waals surface area contributed by atoms with Gasteiger partial charge in [0.1, 0.15) is 0 Å². The second kappa shape index (κ2) is 8.89. The first-order chi connectivity index (χ1) is 12.4. The van der Waals surface area contributed by atoms with E-state index >= 15 is 0 Å². The monoisotopic (exact) mass is 355 g/mol. The fourth-order valence-electron chi connectivity index (χ4n) is 2.79. The van der Waals surface area contributed by atoms with Crippen LogP contribution in [0.15, 0.2) is 54.6 Å². The van der Waals surface area contributed by atoms with E-state index in [9.17, 15) is 19.7 Å². The minimum Gasteiger partial charge on any atom is -0.461 e. The summed E-state index contributed by atoms with van der Waals surface area (Å²) in [6, 6.07) is 13.9. The molecule has 0 aliphatic heterocycles. The first kappa shape index (κ1) is 19.3. The molecule has 2 atom stereocenters. The number of hydrogen-bond acceptors (Lipinski definition) is 5. The molecule has 0 saturated carbocycles. The Balaban J connectivity index is 2.40. The smallest absolute Gasteiger partial charge is 0.382 e. The van der Waals surface area contributed by atoms with Crippen molar-refractivity contribution in [1.82, 2.24) is 0 Å². The van der Waals surface area contributed by atoms with Crippen molar-refractivity contribution in [3.63, 3.8) is 0 Å². The number of ether oxygens (including phenoxy) is 1. The number of hydrogen-bond donors (Lipinski definition) is 0. The van der Waals surface area contributed by atoms with Gasteiger partial charge in [0.2, 0.25) is 0 Å². The molecule has 6 nitrogen and oxygen atoms in total. The molecule has 0 bridgehead atoms. The fourth-order valence-corrected chi connectivity index (χ4v) is 2.79. The van der Waals surface area contributed by atoms with Gasteiger partial charge >= 0.3 is 12.0 Å². The van der Waals surface area contributed by atoms with Crippen molar-refractivity contribution in [2.24, 2.45) is 0 Å². The summed E-state index contributed by atoms with van der Waals surface area (Å²) >= 11 is 0. The third kappa shape index (κ3) is 4.75. The minimum absolute atomic E-state index is 0.0381. The summed E-state index contributed by atoms with van der Waals surface area (Å²) in [4.78, 5) is 35.8. The maximum absolute atomic E-state index is 12.6. The molecule has 0 spiro atoms. The number of carbonyl (C=O) groups is 2. The molecule has 2 aromatic carbocycles. The van der Waals surface area contributed by atoms with Gasteiger partial charge in [-0.2, -0.15) is 0 Å². The summed E-state index contributed by atoms with van der Waals surface area (Å²) in [6.45, 7) is 3.52. The van der Waals surface area contributed by atoms with E-state index in [1.165, 1.54) is 0 Å². The van der Waals surface area contributed by atoms with Crippen molar-refractivity contribution in [3.05, 3.63) is 81.4 Å². The van der Waals surface area contributed by atoms with Gasteiger partial charge in [-0.25, -0.2) is 4.79 Å². The van der Waals surface area contributed by atoms with Gasteiger partial charge in [0, 0.05) is 16.9 Å². The predicted molar refractivity (Wildman–Crippen MR) is 96.7 cm³/mol. The summed E-state index contributed by atoms with van der Waals surface area (Å²) in [7, 11) is 0. The molecule has 0 saturated heterocycles. The van der Waals surface area contributed by atoms with Crippen molar-refractivity contribution in [1.29, 1.82) is 0 Å². The van der Waals surface area contributed by atoms with Gasteiger partial charge in [-0.05, 0) is 19.4 Å². The van der Waals surface area contributed by atoms with Crippen LogP contribution in [0.5, 0.6) is 0 Å². The quantitative estimate of drug-likeness (QED) is 0.313. The molecule has 0 fully saturated rings. The van der Waals surface area contributed by atoms with Gasteiger partial charge in [-0.3, -0.25) is 14.9 Å². The van der Waals surface area contributed by atoms with Crippen molar-refractivity contribution in [3.8, 4) is 0 Å². The van der Waals surface area contributed by atoms with Crippen molar-refractivity contribution >= 4 is 11.8 Å². The molecule has 2 aromatic rings. The molecule has 0 amide bonds. The van der Waals surface area contributed by atoms with Gasteiger partial charge in [0.05, 0.1) is 12.5 Å². The highest BCUT2D eigenvalue weighted by atomic mass is 16.6. The van der Waals surface area contributed by atoms with Crippen LogP contribution in [0, 0.1) is 17.0 Å². The highest BCUT2D eigenvalue weighted by molar-refractivity contribution is 5.97. The average Bonchev–Trinajstić information content (AvgIpc) is 2.62. The number of nitro groups is 1. The van der Waals surface area contributed by atoms with Crippen LogP contribution in [0.25, 0.3) is 0 Å². The van der Waals surface area contributed by atoms with Crippen LogP contribution in [0.1, 0.15) is 40.7 Å². The molecular formula is C20H21NO5. The predicted octanol–water partition coefficient (Wildman–Crippen LogP) is 3.56. The zero-order valence-corrected chi connectivity index (χ0v) is 14.8. The Kier molecular flexibility index (Phi) is 6.60. The second-order valence-electron chi connectivity index (χ2n) is 5.99. The highest BCUT2D eigenvalue weighted by Crippen LogP contribution is 2.28. The lowest BCUT2D eigenvalue weighted by Gasteiger charge is -2.20. The lowest BCUT2D eigenvalue weighted by molar-refractivity contribution is -0.514. The number of benzene rings is 2. The number of esters is 1. The lowest BCUT2D eigenvalue weighted by Crippen LogP contribution is -2.38. The van der Waals surface area contributed by atoms with E-state index in [1.54, 1.807) is 61.5 Å². The second-order valence-corrected chi connectivity index (χ2v) is 5.99. The first-order valence-electron chi connectivity index (χ1n) is 8.39. The highest BCUT2D eigenvalue weighted by Gasteiger charge is 2.42. The zero-order chi connectivity index (χ0) is 19.1. The van der Waals surface area contributed by atoms with E-state index in [0.717, 1.165) is 5.56 Å². The van der Waals surface area contributed by atoms with Gasteiger partial charge in [-0.15, -0.1) is 0 Å². The third-order valence-electron chi connectivity index (χ3n) is 4.14. The molecule has 6 heteroatoms. The Labute approximate surface area is 151 Å². The molecule has 0 aromatic heterocycles. The Morgan fingerprint density at radius 2 is 1.69 bits per heavy atom.